The zero-order valence-electron chi connectivity index (χ0n) is 16.1. The van der Waals surface area contributed by atoms with Crippen molar-refractivity contribution in [3.05, 3.63) is 58.2 Å². The van der Waals surface area contributed by atoms with Crippen LogP contribution < -0.4 is 19.5 Å². The van der Waals surface area contributed by atoms with Crippen LogP contribution in [0.3, 0.4) is 0 Å². The van der Waals surface area contributed by atoms with Crippen LogP contribution in [0.2, 0.25) is 5.02 Å². The fraction of sp³-hybridized carbons (Fsp3) is 0.238. The fourth-order valence-corrected chi connectivity index (χ4v) is 3.16. The minimum absolute atomic E-state index is 0.233. The number of nitrogens with zero attached hydrogens (tertiary/aromatic N) is 1. The summed E-state index contributed by atoms with van der Waals surface area (Å²) in [6.45, 7) is 2.06. The molecule has 0 unspecified atom stereocenters. The lowest BCUT2D eigenvalue weighted by Crippen LogP contribution is -2.24. The highest BCUT2D eigenvalue weighted by Gasteiger charge is 2.15. The lowest BCUT2D eigenvalue weighted by Gasteiger charge is -2.15. The maximum atomic E-state index is 12.8. The molecule has 7 heteroatoms. The van der Waals surface area contributed by atoms with Crippen LogP contribution in [-0.2, 0) is 6.54 Å². The van der Waals surface area contributed by atoms with Crippen molar-refractivity contribution in [3.63, 3.8) is 0 Å². The molecular formula is C21H21ClN2O4. The Morgan fingerprint density at radius 3 is 2.36 bits per heavy atom. The van der Waals surface area contributed by atoms with Crippen LogP contribution in [-0.4, -0.2) is 32.2 Å². The van der Waals surface area contributed by atoms with E-state index >= 15 is 0 Å². The third kappa shape index (κ3) is 3.97. The number of benzene rings is 2. The summed E-state index contributed by atoms with van der Waals surface area (Å²) in [5.41, 5.74) is 2.70. The average Bonchev–Trinajstić information content (AvgIpc) is 2.70. The molecule has 0 radical (unpaired) electrons. The molecule has 146 valence electrons. The van der Waals surface area contributed by atoms with Crippen LogP contribution >= 0.6 is 11.6 Å². The van der Waals surface area contributed by atoms with Crippen LogP contribution in [0, 0.1) is 6.92 Å². The predicted molar refractivity (Wildman–Crippen MR) is 109 cm³/mol. The first-order valence-corrected chi connectivity index (χ1v) is 8.98. The van der Waals surface area contributed by atoms with Crippen molar-refractivity contribution < 1.29 is 19.0 Å². The largest absolute Gasteiger partial charge is 0.496 e. The van der Waals surface area contributed by atoms with Gasteiger partial charge in [-0.15, -0.1) is 0 Å². The molecule has 0 aliphatic rings. The maximum Gasteiger partial charge on any atom is 0.253 e. The van der Waals surface area contributed by atoms with Gasteiger partial charge < -0.3 is 19.5 Å². The van der Waals surface area contributed by atoms with E-state index in [2.05, 4.69) is 10.3 Å². The molecule has 2 aromatic carbocycles. The maximum absolute atomic E-state index is 12.8. The second kappa shape index (κ2) is 8.35. The van der Waals surface area contributed by atoms with E-state index in [0.717, 1.165) is 16.5 Å². The van der Waals surface area contributed by atoms with Crippen LogP contribution in [0.15, 0.2) is 36.4 Å². The van der Waals surface area contributed by atoms with Gasteiger partial charge in [0, 0.05) is 28.6 Å². The number of nitrogens with one attached hydrogen (secondary N) is 1. The first kappa shape index (κ1) is 19.8. The van der Waals surface area contributed by atoms with Crippen LogP contribution in [0.4, 0.5) is 0 Å². The first-order valence-electron chi connectivity index (χ1n) is 8.60. The second-order valence-electron chi connectivity index (χ2n) is 6.16. The van der Waals surface area contributed by atoms with Gasteiger partial charge in [-0.25, -0.2) is 0 Å². The SMILES string of the molecule is COc1cc(OC)c(OC)cc1CNC(=O)c1cc2cc(Cl)ccc2nc1C. The number of aryl methyl sites for hydroxylation is 1. The highest BCUT2D eigenvalue weighted by molar-refractivity contribution is 6.31. The number of ether oxygens (including phenoxy) is 3. The number of hydrogen-bond acceptors (Lipinski definition) is 5. The van der Waals surface area contributed by atoms with Gasteiger partial charge in [-0.3, -0.25) is 9.78 Å². The summed E-state index contributed by atoms with van der Waals surface area (Å²) < 4.78 is 16.0. The van der Waals surface area contributed by atoms with E-state index in [1.165, 1.54) is 0 Å². The Kier molecular flexibility index (Phi) is 5.90. The Hall–Kier alpha value is -2.99. The molecule has 0 atom stereocenters. The standard InChI is InChI=1S/C21H21ClN2O4/c1-12-16(8-13-7-15(22)5-6-17(13)24-12)21(25)23-11-14-9-19(27-3)20(28-4)10-18(14)26-2/h5-10H,11H2,1-4H3,(H,23,25). The summed E-state index contributed by atoms with van der Waals surface area (Å²) in [7, 11) is 4.68. The van der Waals surface area contributed by atoms with Crippen molar-refractivity contribution in [2.45, 2.75) is 13.5 Å². The average molecular weight is 401 g/mol. The predicted octanol–water partition coefficient (Wildman–Crippen LogP) is 4.15. The number of amides is 1. The van der Waals surface area contributed by atoms with E-state index in [1.54, 1.807) is 58.6 Å². The molecule has 0 saturated heterocycles. The third-order valence-electron chi connectivity index (χ3n) is 4.44. The van der Waals surface area contributed by atoms with E-state index in [-0.39, 0.29) is 12.5 Å². The van der Waals surface area contributed by atoms with Crippen LogP contribution in [0.1, 0.15) is 21.6 Å². The van der Waals surface area contributed by atoms with Gasteiger partial charge >= 0.3 is 0 Å². The van der Waals surface area contributed by atoms with Crippen LogP contribution in [0.5, 0.6) is 17.2 Å². The molecule has 6 nitrogen and oxygen atoms in total. The molecule has 0 aliphatic carbocycles. The van der Waals surface area contributed by atoms with Crippen molar-refractivity contribution in [3.8, 4) is 17.2 Å². The van der Waals surface area contributed by atoms with Crippen molar-refractivity contribution in [2.24, 2.45) is 0 Å². The van der Waals surface area contributed by atoms with Gasteiger partial charge in [0.05, 0.1) is 38.1 Å². The van der Waals surface area contributed by atoms with Gasteiger partial charge in [0.15, 0.2) is 11.5 Å². The highest BCUT2D eigenvalue weighted by Crippen LogP contribution is 2.34. The number of carbonyl (C=O) groups is 1. The molecular weight excluding hydrogens is 380 g/mol. The number of methoxy groups -OCH3 is 3. The normalized spacial score (nSPS) is 10.6. The van der Waals surface area contributed by atoms with E-state index in [0.29, 0.717) is 33.5 Å². The number of pyridine rings is 1. The molecule has 0 bridgehead atoms. The van der Waals surface area contributed by atoms with Gasteiger partial charge in [-0.2, -0.15) is 0 Å². The minimum Gasteiger partial charge on any atom is -0.496 e. The third-order valence-corrected chi connectivity index (χ3v) is 4.67. The molecule has 1 N–H and O–H groups in total. The molecule has 3 rings (SSSR count). The van der Waals surface area contributed by atoms with Gasteiger partial charge in [0.25, 0.3) is 5.91 Å². The molecule has 1 aromatic heterocycles. The lowest BCUT2D eigenvalue weighted by atomic mass is 10.1. The second-order valence-corrected chi connectivity index (χ2v) is 6.60. The molecule has 0 aliphatic heterocycles. The molecule has 0 fully saturated rings. The number of halogens is 1. The monoisotopic (exact) mass is 400 g/mol. The van der Waals surface area contributed by atoms with Crippen LogP contribution in [0.25, 0.3) is 10.9 Å². The van der Waals surface area contributed by atoms with Crippen molar-refractivity contribution in [1.82, 2.24) is 10.3 Å². The Morgan fingerprint density at radius 2 is 1.68 bits per heavy atom. The van der Waals surface area contributed by atoms with Crippen molar-refractivity contribution >= 4 is 28.4 Å². The number of aromatic nitrogens is 1. The first-order chi connectivity index (χ1) is 13.5. The summed E-state index contributed by atoms with van der Waals surface area (Å²) >= 11 is 6.05. The zero-order valence-corrected chi connectivity index (χ0v) is 16.9. The highest BCUT2D eigenvalue weighted by atomic mass is 35.5. The molecule has 0 saturated carbocycles. The van der Waals surface area contributed by atoms with Crippen molar-refractivity contribution in [2.75, 3.05) is 21.3 Å². The number of fused-ring (bicyclic) bond motifs is 1. The smallest absolute Gasteiger partial charge is 0.253 e. The summed E-state index contributed by atoms with van der Waals surface area (Å²) in [6.07, 6.45) is 0. The number of hydrogen-bond donors (Lipinski definition) is 1. The van der Waals surface area contributed by atoms with Gasteiger partial charge in [-0.1, -0.05) is 11.6 Å². The summed E-state index contributed by atoms with van der Waals surface area (Å²) in [5.74, 6) is 1.48. The van der Waals surface area contributed by atoms with E-state index in [1.807, 2.05) is 6.07 Å². The summed E-state index contributed by atoms with van der Waals surface area (Å²) in [6, 6.07) is 10.7. The molecule has 28 heavy (non-hydrogen) atoms. The molecule has 1 amide bonds. The topological polar surface area (TPSA) is 69.7 Å². The van der Waals surface area contributed by atoms with Crippen molar-refractivity contribution in [1.29, 1.82) is 0 Å². The molecule has 1 heterocycles. The Labute approximate surface area is 168 Å². The van der Waals surface area contributed by atoms with E-state index < -0.39 is 0 Å². The Bertz CT molecular complexity index is 1040. The Morgan fingerprint density at radius 1 is 1.00 bits per heavy atom. The van der Waals surface area contributed by atoms with Gasteiger partial charge in [-0.05, 0) is 37.3 Å². The van der Waals surface area contributed by atoms with Gasteiger partial charge in [0.1, 0.15) is 5.75 Å². The fourth-order valence-electron chi connectivity index (χ4n) is 2.97. The van der Waals surface area contributed by atoms with E-state index in [4.69, 9.17) is 25.8 Å². The number of carbonyl (C=O) groups excluding carboxylic acids is 1. The number of rotatable bonds is 6. The molecule has 3 aromatic rings. The van der Waals surface area contributed by atoms with E-state index in [9.17, 15) is 4.79 Å². The zero-order chi connectivity index (χ0) is 20.3. The minimum atomic E-state index is -0.233. The van der Waals surface area contributed by atoms with Gasteiger partial charge in [0.2, 0.25) is 0 Å². The summed E-state index contributed by atoms with van der Waals surface area (Å²) in [4.78, 5) is 17.3. The molecule has 0 spiro atoms. The Balaban J connectivity index is 1.86. The lowest BCUT2D eigenvalue weighted by molar-refractivity contribution is 0.0950. The summed E-state index contributed by atoms with van der Waals surface area (Å²) in [5, 5.41) is 4.32. The quantitative estimate of drug-likeness (QED) is 0.673.